The molecule has 1 aromatic heterocycles. The molecule has 1 fully saturated rings. The van der Waals surface area contributed by atoms with Crippen LogP contribution in [0.2, 0.25) is 0 Å². The second kappa shape index (κ2) is 7.60. The third kappa shape index (κ3) is 4.46. The highest BCUT2D eigenvalue weighted by Crippen LogP contribution is 2.22. The lowest BCUT2D eigenvalue weighted by molar-refractivity contribution is 0.00981. The number of hydrogen-bond donors (Lipinski definition) is 1. The van der Waals surface area contributed by atoms with Crippen molar-refractivity contribution in [1.82, 2.24) is 10.3 Å². The zero-order valence-electron chi connectivity index (χ0n) is 12.8. The van der Waals surface area contributed by atoms with Crippen LogP contribution < -0.4 is 10.1 Å². The van der Waals surface area contributed by atoms with Gasteiger partial charge in [-0.3, -0.25) is 4.98 Å². The largest absolute Gasteiger partial charge is 0.497 e. The van der Waals surface area contributed by atoms with E-state index in [2.05, 4.69) is 17.2 Å². The lowest BCUT2D eigenvalue weighted by atomic mass is 9.93. The van der Waals surface area contributed by atoms with E-state index in [9.17, 15) is 0 Å². The van der Waals surface area contributed by atoms with Gasteiger partial charge in [0.1, 0.15) is 5.75 Å². The minimum Gasteiger partial charge on any atom is -0.497 e. The van der Waals surface area contributed by atoms with Crippen molar-refractivity contribution in [2.75, 3.05) is 13.7 Å². The Bertz CT molecular complexity index is 415. The minimum absolute atomic E-state index is 0.373. The molecule has 4 heteroatoms. The molecule has 1 aliphatic carbocycles. The SMILES string of the molecule is CCNC1CCC(OCc2cc(OC)cc(C)n2)CC1. The third-order valence-corrected chi connectivity index (χ3v) is 3.85. The van der Waals surface area contributed by atoms with Crippen molar-refractivity contribution < 1.29 is 9.47 Å². The topological polar surface area (TPSA) is 43.4 Å². The maximum Gasteiger partial charge on any atom is 0.122 e. The Morgan fingerprint density at radius 3 is 2.65 bits per heavy atom. The predicted molar refractivity (Wildman–Crippen MR) is 80.0 cm³/mol. The third-order valence-electron chi connectivity index (χ3n) is 3.85. The van der Waals surface area contributed by atoms with Gasteiger partial charge >= 0.3 is 0 Å². The molecule has 0 atom stereocenters. The molecule has 1 aromatic rings. The van der Waals surface area contributed by atoms with Gasteiger partial charge in [0.2, 0.25) is 0 Å². The lowest BCUT2D eigenvalue weighted by Gasteiger charge is -2.28. The first-order valence-corrected chi connectivity index (χ1v) is 7.57. The molecule has 1 heterocycles. The average molecular weight is 278 g/mol. The minimum atomic E-state index is 0.373. The van der Waals surface area contributed by atoms with Crippen LogP contribution >= 0.6 is 0 Å². The number of hydrogen-bond acceptors (Lipinski definition) is 4. The van der Waals surface area contributed by atoms with Crippen molar-refractivity contribution in [3.63, 3.8) is 0 Å². The molecule has 112 valence electrons. The molecule has 0 spiro atoms. The molecular formula is C16H26N2O2. The van der Waals surface area contributed by atoms with Crippen LogP contribution in [-0.2, 0) is 11.3 Å². The first-order chi connectivity index (χ1) is 9.71. The van der Waals surface area contributed by atoms with Crippen molar-refractivity contribution in [3.05, 3.63) is 23.5 Å². The molecule has 0 unspecified atom stereocenters. The van der Waals surface area contributed by atoms with Crippen LogP contribution in [0.5, 0.6) is 5.75 Å². The Balaban J connectivity index is 1.80. The molecule has 0 amide bonds. The van der Waals surface area contributed by atoms with Crippen LogP contribution in [0, 0.1) is 6.92 Å². The van der Waals surface area contributed by atoms with Gasteiger partial charge in [0.15, 0.2) is 0 Å². The number of rotatable bonds is 6. The van der Waals surface area contributed by atoms with Crippen molar-refractivity contribution >= 4 is 0 Å². The highest BCUT2D eigenvalue weighted by Gasteiger charge is 2.20. The second-order valence-electron chi connectivity index (χ2n) is 5.48. The number of aromatic nitrogens is 1. The Morgan fingerprint density at radius 1 is 1.25 bits per heavy atom. The van der Waals surface area contributed by atoms with E-state index in [0.717, 1.165) is 36.5 Å². The average Bonchev–Trinajstić information content (AvgIpc) is 2.46. The molecule has 20 heavy (non-hydrogen) atoms. The molecule has 4 nitrogen and oxygen atoms in total. The van der Waals surface area contributed by atoms with Gasteiger partial charge in [-0.2, -0.15) is 0 Å². The van der Waals surface area contributed by atoms with Crippen molar-refractivity contribution in [1.29, 1.82) is 0 Å². The first kappa shape index (κ1) is 15.3. The van der Waals surface area contributed by atoms with E-state index in [1.165, 1.54) is 12.8 Å². The van der Waals surface area contributed by atoms with E-state index in [1.807, 2.05) is 19.1 Å². The fourth-order valence-corrected chi connectivity index (χ4v) is 2.82. The first-order valence-electron chi connectivity index (χ1n) is 7.57. The van der Waals surface area contributed by atoms with Gasteiger partial charge in [-0.15, -0.1) is 0 Å². The number of nitrogens with zero attached hydrogens (tertiary/aromatic N) is 1. The fraction of sp³-hybridized carbons (Fsp3) is 0.688. The van der Waals surface area contributed by atoms with Crippen LogP contribution in [0.25, 0.3) is 0 Å². The summed E-state index contributed by atoms with van der Waals surface area (Å²) in [5.41, 5.74) is 1.93. The summed E-state index contributed by atoms with van der Waals surface area (Å²) >= 11 is 0. The van der Waals surface area contributed by atoms with Gasteiger partial charge in [0.05, 0.1) is 25.5 Å². The van der Waals surface area contributed by atoms with Crippen LogP contribution in [0.4, 0.5) is 0 Å². The summed E-state index contributed by atoms with van der Waals surface area (Å²) in [6, 6.07) is 4.57. The zero-order chi connectivity index (χ0) is 14.4. The zero-order valence-corrected chi connectivity index (χ0v) is 12.8. The van der Waals surface area contributed by atoms with Crippen LogP contribution in [0.3, 0.4) is 0 Å². The standard InChI is InChI=1S/C16H26N2O2/c1-4-17-13-5-7-15(8-6-13)20-11-14-10-16(19-3)9-12(2)18-14/h9-10,13,15,17H,4-8,11H2,1-3H3. The predicted octanol–water partition coefficient (Wildman–Crippen LogP) is 2.84. The molecule has 0 aliphatic heterocycles. The Hall–Kier alpha value is -1.13. The molecule has 0 bridgehead atoms. The lowest BCUT2D eigenvalue weighted by Crippen LogP contribution is -2.35. The summed E-state index contributed by atoms with van der Waals surface area (Å²) in [6.07, 6.45) is 5.08. The molecule has 2 rings (SSSR count). The highest BCUT2D eigenvalue weighted by molar-refractivity contribution is 5.26. The molecule has 1 aliphatic rings. The Morgan fingerprint density at radius 2 is 2.00 bits per heavy atom. The maximum absolute atomic E-state index is 6.00. The van der Waals surface area contributed by atoms with Crippen molar-refractivity contribution in [2.24, 2.45) is 0 Å². The number of nitrogens with one attached hydrogen (secondary N) is 1. The van der Waals surface area contributed by atoms with Crippen LogP contribution in [-0.4, -0.2) is 30.8 Å². The molecule has 1 N–H and O–H groups in total. The number of ether oxygens (including phenoxy) is 2. The van der Waals surface area contributed by atoms with Crippen LogP contribution in [0.1, 0.15) is 44.0 Å². The van der Waals surface area contributed by atoms with Gasteiger partial charge in [0, 0.05) is 23.9 Å². The quantitative estimate of drug-likeness (QED) is 0.869. The second-order valence-corrected chi connectivity index (χ2v) is 5.48. The summed E-state index contributed by atoms with van der Waals surface area (Å²) in [5.74, 6) is 0.854. The molecule has 0 aromatic carbocycles. The fourth-order valence-electron chi connectivity index (χ4n) is 2.82. The maximum atomic E-state index is 6.00. The summed E-state index contributed by atoms with van der Waals surface area (Å²) < 4.78 is 11.3. The smallest absolute Gasteiger partial charge is 0.122 e. The molecule has 0 saturated heterocycles. The summed E-state index contributed by atoms with van der Waals surface area (Å²) in [4.78, 5) is 4.49. The normalized spacial score (nSPS) is 22.8. The number of pyridine rings is 1. The monoisotopic (exact) mass is 278 g/mol. The molecule has 0 radical (unpaired) electrons. The van der Waals surface area contributed by atoms with Crippen molar-refractivity contribution in [2.45, 2.75) is 58.3 Å². The van der Waals surface area contributed by atoms with Crippen LogP contribution in [0.15, 0.2) is 12.1 Å². The van der Waals surface area contributed by atoms with E-state index in [1.54, 1.807) is 7.11 Å². The summed E-state index contributed by atoms with van der Waals surface area (Å²) in [6.45, 7) is 5.78. The van der Waals surface area contributed by atoms with Gasteiger partial charge < -0.3 is 14.8 Å². The van der Waals surface area contributed by atoms with Gasteiger partial charge in [0.25, 0.3) is 0 Å². The summed E-state index contributed by atoms with van der Waals surface area (Å²) in [7, 11) is 1.68. The molecular weight excluding hydrogens is 252 g/mol. The number of aryl methyl sites for hydroxylation is 1. The number of methoxy groups -OCH3 is 1. The Labute approximate surface area is 121 Å². The highest BCUT2D eigenvalue weighted by atomic mass is 16.5. The van der Waals surface area contributed by atoms with E-state index in [-0.39, 0.29) is 0 Å². The van der Waals surface area contributed by atoms with E-state index >= 15 is 0 Å². The van der Waals surface area contributed by atoms with E-state index < -0.39 is 0 Å². The van der Waals surface area contributed by atoms with E-state index in [0.29, 0.717) is 18.8 Å². The Kier molecular flexibility index (Phi) is 5.80. The van der Waals surface area contributed by atoms with E-state index in [4.69, 9.17) is 9.47 Å². The van der Waals surface area contributed by atoms with Gasteiger partial charge in [-0.05, 0) is 39.2 Å². The van der Waals surface area contributed by atoms with Gasteiger partial charge in [-0.25, -0.2) is 0 Å². The summed E-state index contributed by atoms with van der Waals surface area (Å²) in [5, 5.41) is 3.52. The van der Waals surface area contributed by atoms with Crippen molar-refractivity contribution in [3.8, 4) is 5.75 Å². The van der Waals surface area contributed by atoms with Gasteiger partial charge in [-0.1, -0.05) is 6.92 Å². The molecule has 1 saturated carbocycles.